The third-order valence-electron chi connectivity index (χ3n) is 1.42. The van der Waals surface area contributed by atoms with Crippen LogP contribution >= 0.6 is 15.9 Å². The van der Waals surface area contributed by atoms with Gasteiger partial charge in [-0.2, -0.15) is 0 Å². The smallest absolute Gasteiger partial charge is 0.234 e. The van der Waals surface area contributed by atoms with Gasteiger partial charge in [0.2, 0.25) is 5.88 Å². The lowest BCUT2D eigenvalue weighted by Crippen LogP contribution is -2.13. The van der Waals surface area contributed by atoms with Crippen LogP contribution in [-0.4, -0.2) is 16.1 Å². The molecule has 74 valence electrons. The van der Waals surface area contributed by atoms with Crippen LogP contribution in [0.2, 0.25) is 0 Å². The van der Waals surface area contributed by atoms with Crippen LogP contribution in [0, 0.1) is 12.3 Å². The third kappa shape index (κ3) is 2.34. The number of hydrogen-bond acceptors (Lipinski definition) is 5. The predicted molar refractivity (Wildman–Crippen MR) is 56.5 cm³/mol. The molecule has 0 radical (unpaired) electrons. The first-order valence-corrected chi connectivity index (χ1v) is 4.58. The summed E-state index contributed by atoms with van der Waals surface area (Å²) in [4.78, 5) is 7.77. The monoisotopic (exact) mass is 256 g/mol. The second-order valence-corrected chi connectivity index (χ2v) is 3.21. The van der Waals surface area contributed by atoms with Crippen molar-refractivity contribution in [3.8, 4) is 18.2 Å². The minimum absolute atomic E-state index is 0.355. The largest absolute Gasteiger partial charge is 0.461 e. The molecular formula is C8H9BrN4O. The minimum atomic E-state index is -0.355. The Kier molecular flexibility index (Phi) is 3.68. The number of nitrogens with one attached hydrogen (secondary N) is 1. The highest BCUT2D eigenvalue weighted by atomic mass is 79.9. The maximum absolute atomic E-state index is 5.31. The molecule has 0 fully saturated rings. The van der Waals surface area contributed by atoms with E-state index in [2.05, 4.69) is 37.2 Å². The molecule has 0 spiro atoms. The highest BCUT2D eigenvalue weighted by Crippen LogP contribution is 2.28. The van der Waals surface area contributed by atoms with Crippen molar-refractivity contribution in [1.82, 2.24) is 9.97 Å². The summed E-state index contributed by atoms with van der Waals surface area (Å²) in [7, 11) is 0. The van der Waals surface area contributed by atoms with Crippen LogP contribution in [0.5, 0.6) is 5.88 Å². The zero-order valence-electron chi connectivity index (χ0n) is 7.49. The third-order valence-corrected chi connectivity index (χ3v) is 2.13. The standard InChI is InChI=1S/C8H9BrN4O/c1-3-5(2)14-8-6(9)7(13-10)11-4-12-8/h1,4-5H,10H2,2H3,(H,11,12,13). The molecule has 1 atom stereocenters. The average molecular weight is 257 g/mol. The fourth-order valence-corrected chi connectivity index (χ4v) is 1.15. The number of ether oxygens (including phenoxy) is 1. The van der Waals surface area contributed by atoms with Crippen LogP contribution in [-0.2, 0) is 0 Å². The summed E-state index contributed by atoms with van der Waals surface area (Å²) < 4.78 is 5.85. The number of nitrogens with zero attached hydrogens (tertiary/aromatic N) is 2. The van der Waals surface area contributed by atoms with Gasteiger partial charge in [0.1, 0.15) is 10.8 Å². The van der Waals surface area contributed by atoms with E-state index in [0.29, 0.717) is 16.2 Å². The van der Waals surface area contributed by atoms with Crippen LogP contribution in [0.1, 0.15) is 6.92 Å². The van der Waals surface area contributed by atoms with E-state index < -0.39 is 0 Å². The van der Waals surface area contributed by atoms with Gasteiger partial charge >= 0.3 is 0 Å². The molecule has 1 heterocycles. The normalized spacial score (nSPS) is 11.6. The van der Waals surface area contributed by atoms with Gasteiger partial charge in [0.15, 0.2) is 11.9 Å². The molecule has 1 aromatic rings. The Labute approximate surface area is 90.2 Å². The summed E-state index contributed by atoms with van der Waals surface area (Å²) in [6.07, 6.45) is 6.14. The van der Waals surface area contributed by atoms with E-state index >= 15 is 0 Å². The predicted octanol–water partition coefficient (Wildman–Crippen LogP) is 0.925. The zero-order valence-corrected chi connectivity index (χ0v) is 9.08. The molecule has 3 N–H and O–H groups in total. The summed E-state index contributed by atoms with van der Waals surface area (Å²) in [6, 6.07) is 0. The van der Waals surface area contributed by atoms with Crippen molar-refractivity contribution >= 4 is 21.7 Å². The van der Waals surface area contributed by atoms with Gasteiger partial charge in [0.25, 0.3) is 0 Å². The molecule has 0 saturated carbocycles. The lowest BCUT2D eigenvalue weighted by Gasteiger charge is -2.10. The Balaban J connectivity index is 2.93. The van der Waals surface area contributed by atoms with Gasteiger partial charge in [0, 0.05) is 0 Å². The Bertz CT molecular complexity index is 363. The van der Waals surface area contributed by atoms with Crippen LogP contribution < -0.4 is 16.0 Å². The molecule has 1 rings (SSSR count). The molecule has 0 bridgehead atoms. The Morgan fingerprint density at radius 3 is 3.00 bits per heavy atom. The first kappa shape index (κ1) is 10.8. The average Bonchev–Trinajstić information content (AvgIpc) is 2.21. The number of aromatic nitrogens is 2. The van der Waals surface area contributed by atoms with E-state index in [0.717, 1.165) is 0 Å². The molecule has 14 heavy (non-hydrogen) atoms. The highest BCUT2D eigenvalue weighted by molar-refractivity contribution is 9.10. The van der Waals surface area contributed by atoms with Gasteiger partial charge in [-0.05, 0) is 22.9 Å². The molecule has 0 aliphatic rings. The maximum Gasteiger partial charge on any atom is 0.234 e. The summed E-state index contributed by atoms with van der Waals surface area (Å²) in [5.74, 6) is 8.44. The zero-order chi connectivity index (χ0) is 10.6. The number of hydrazine groups is 1. The molecular weight excluding hydrogens is 248 g/mol. The van der Waals surface area contributed by atoms with E-state index in [1.807, 2.05) is 0 Å². The van der Waals surface area contributed by atoms with Crippen molar-refractivity contribution in [2.45, 2.75) is 13.0 Å². The Morgan fingerprint density at radius 2 is 2.43 bits per heavy atom. The topological polar surface area (TPSA) is 73.1 Å². The molecule has 6 heteroatoms. The van der Waals surface area contributed by atoms with Gasteiger partial charge in [-0.15, -0.1) is 6.42 Å². The van der Waals surface area contributed by atoms with Gasteiger partial charge < -0.3 is 10.2 Å². The SMILES string of the molecule is C#CC(C)Oc1ncnc(NN)c1Br. The fraction of sp³-hybridized carbons (Fsp3) is 0.250. The molecule has 1 unspecified atom stereocenters. The quantitative estimate of drug-likeness (QED) is 0.478. The number of rotatable bonds is 3. The number of anilines is 1. The molecule has 0 aromatic carbocycles. The number of hydrogen-bond donors (Lipinski definition) is 2. The summed E-state index contributed by atoms with van der Waals surface area (Å²) >= 11 is 3.24. The summed E-state index contributed by atoms with van der Waals surface area (Å²) in [5.41, 5.74) is 2.40. The molecule has 0 saturated heterocycles. The van der Waals surface area contributed by atoms with Crippen molar-refractivity contribution < 1.29 is 4.74 Å². The van der Waals surface area contributed by atoms with Gasteiger partial charge in [-0.25, -0.2) is 15.8 Å². The lowest BCUT2D eigenvalue weighted by atomic mass is 10.4. The van der Waals surface area contributed by atoms with Crippen molar-refractivity contribution in [3.63, 3.8) is 0 Å². The highest BCUT2D eigenvalue weighted by Gasteiger charge is 2.10. The van der Waals surface area contributed by atoms with Gasteiger partial charge in [-0.1, -0.05) is 5.92 Å². The molecule has 0 amide bonds. The van der Waals surface area contributed by atoms with E-state index in [9.17, 15) is 0 Å². The maximum atomic E-state index is 5.31. The first-order chi connectivity index (χ1) is 6.69. The second kappa shape index (κ2) is 4.79. The molecule has 1 aromatic heterocycles. The molecule has 5 nitrogen and oxygen atoms in total. The van der Waals surface area contributed by atoms with Crippen LogP contribution in [0.3, 0.4) is 0 Å². The van der Waals surface area contributed by atoms with E-state index in [4.69, 9.17) is 17.0 Å². The van der Waals surface area contributed by atoms with Crippen molar-refractivity contribution in [2.75, 3.05) is 5.43 Å². The van der Waals surface area contributed by atoms with Crippen molar-refractivity contribution in [3.05, 3.63) is 10.8 Å². The number of nitrogens with two attached hydrogens (primary N) is 1. The van der Waals surface area contributed by atoms with Gasteiger partial charge in [0.05, 0.1) is 0 Å². The first-order valence-electron chi connectivity index (χ1n) is 3.79. The number of nitrogen functional groups attached to an aromatic ring is 1. The van der Waals surface area contributed by atoms with Crippen LogP contribution in [0.4, 0.5) is 5.82 Å². The van der Waals surface area contributed by atoms with Crippen LogP contribution in [0.15, 0.2) is 10.8 Å². The number of terminal acetylenes is 1. The molecule has 0 aliphatic heterocycles. The van der Waals surface area contributed by atoms with Gasteiger partial charge in [-0.3, -0.25) is 0 Å². The Hall–Kier alpha value is -1.32. The van der Waals surface area contributed by atoms with Crippen molar-refractivity contribution in [2.24, 2.45) is 5.84 Å². The lowest BCUT2D eigenvalue weighted by molar-refractivity contribution is 0.265. The minimum Gasteiger partial charge on any atom is -0.461 e. The second-order valence-electron chi connectivity index (χ2n) is 2.41. The van der Waals surface area contributed by atoms with Crippen LogP contribution in [0.25, 0.3) is 0 Å². The van der Waals surface area contributed by atoms with Crippen molar-refractivity contribution in [1.29, 1.82) is 0 Å². The summed E-state index contributed by atoms with van der Waals surface area (Å²) in [6.45, 7) is 1.74. The van der Waals surface area contributed by atoms with E-state index in [1.54, 1.807) is 6.92 Å². The molecule has 0 aliphatic carbocycles. The fourth-order valence-electron chi connectivity index (χ4n) is 0.738. The number of halogens is 1. The van der Waals surface area contributed by atoms with E-state index in [-0.39, 0.29) is 6.10 Å². The summed E-state index contributed by atoms with van der Waals surface area (Å²) in [5, 5.41) is 0. The van der Waals surface area contributed by atoms with E-state index in [1.165, 1.54) is 6.33 Å². The Morgan fingerprint density at radius 1 is 1.71 bits per heavy atom.